The summed E-state index contributed by atoms with van der Waals surface area (Å²) in [5.41, 5.74) is 7.81. The lowest BCUT2D eigenvalue weighted by Crippen LogP contribution is -2.57. The minimum atomic E-state index is -1.53. The van der Waals surface area contributed by atoms with Crippen molar-refractivity contribution in [2.24, 2.45) is 11.7 Å². The molecule has 0 unspecified atom stereocenters. The van der Waals surface area contributed by atoms with Crippen molar-refractivity contribution in [3.8, 4) is 5.75 Å². The maximum absolute atomic E-state index is 13.9. The van der Waals surface area contributed by atoms with Crippen LogP contribution in [0.4, 0.5) is 14.5 Å². The van der Waals surface area contributed by atoms with Gasteiger partial charge in [0, 0.05) is 11.4 Å². The van der Waals surface area contributed by atoms with Crippen molar-refractivity contribution in [2.75, 3.05) is 23.8 Å². The van der Waals surface area contributed by atoms with Crippen molar-refractivity contribution >= 4 is 47.0 Å². The number of nitrogens with two attached hydrogens (primary N) is 1. The van der Waals surface area contributed by atoms with E-state index in [0.717, 1.165) is 37.0 Å². The Bertz CT molecular complexity index is 2090. The quantitative estimate of drug-likeness (QED) is 0.0894. The van der Waals surface area contributed by atoms with Gasteiger partial charge >= 0.3 is 5.97 Å². The second kappa shape index (κ2) is 19.8. The first kappa shape index (κ1) is 42.8. The average molecular weight is 829 g/mol. The number of thioether (sulfide) groups is 1. The molecule has 0 spiro atoms. The van der Waals surface area contributed by atoms with Crippen molar-refractivity contribution in [3.63, 3.8) is 0 Å². The number of amides is 4. The van der Waals surface area contributed by atoms with Crippen LogP contribution >= 0.6 is 11.8 Å². The van der Waals surface area contributed by atoms with Gasteiger partial charge < -0.3 is 35.8 Å². The number of hydrogen-bond donors (Lipinski definition) is 4. The summed E-state index contributed by atoms with van der Waals surface area (Å²) >= 11 is 1.24. The number of β-lactam (4-membered cyclic amide) rings is 1. The maximum Gasteiger partial charge on any atom is 0.331 e. The number of nitrogens with zero attached hydrogens (tertiary/aromatic N) is 2. The molecule has 1 aliphatic carbocycles. The van der Waals surface area contributed by atoms with Crippen LogP contribution < -0.4 is 20.7 Å². The summed E-state index contributed by atoms with van der Waals surface area (Å²) in [5.74, 6) is -4.26. The first-order valence-electron chi connectivity index (χ1n) is 19.4. The molecule has 1 aliphatic heterocycles. The van der Waals surface area contributed by atoms with Crippen LogP contribution in [-0.4, -0.2) is 74.9 Å². The number of hydrogen-bond acceptors (Lipinski definition) is 8. The molecule has 4 aromatic carbocycles. The normalized spacial score (nSPS) is 18.2. The Morgan fingerprint density at radius 2 is 1.49 bits per heavy atom. The Morgan fingerprint density at radius 3 is 2.10 bits per heavy atom. The van der Waals surface area contributed by atoms with Crippen LogP contribution in [0.2, 0.25) is 0 Å². The summed E-state index contributed by atoms with van der Waals surface area (Å²) in [6.07, 6.45) is 3.90. The number of benzene rings is 4. The molecule has 2 aliphatic rings. The second-order valence-corrected chi connectivity index (χ2v) is 15.9. The fourth-order valence-electron chi connectivity index (χ4n) is 7.70. The Labute approximate surface area is 344 Å². The molecule has 310 valence electrons. The number of nitrogens with one attached hydrogen (secondary N) is 1. The summed E-state index contributed by atoms with van der Waals surface area (Å²) in [6.45, 7) is -1.12. The Hall–Kier alpha value is -5.80. The summed E-state index contributed by atoms with van der Waals surface area (Å²) in [7, 11) is 0. The predicted octanol–water partition coefficient (Wildman–Crippen LogP) is 5.86. The molecule has 4 aromatic rings. The lowest BCUT2D eigenvalue weighted by Gasteiger charge is -2.47. The molecule has 1 saturated heterocycles. The standard InChI is InChI=1S/C44H46F2N4O8S/c45-31-15-11-28(12-16-31)36(51)26-59-41-39(49(43(41)55)33-19-17-32(46)18-20-33)30-13-21-34(22-14-30)58-25-37(52)48-24-38(53)50(40(44(56)57)29-9-5-2-6-10-29)35(42(47)54)23-27-7-3-1-4-8-27/h2,5-6,9-22,27,35-36,39-41,51H,1,3-4,7-8,23-26H2,(H2,47,54)(H,48,52)(H,56,57)/t35-,36+,39-,40-,41-/m1/s1. The Morgan fingerprint density at radius 1 is 0.864 bits per heavy atom. The highest BCUT2D eigenvalue weighted by atomic mass is 32.2. The molecule has 0 bridgehead atoms. The molecule has 5 N–H and O–H groups in total. The molecule has 0 aromatic heterocycles. The smallest absolute Gasteiger partial charge is 0.331 e. The van der Waals surface area contributed by atoms with E-state index >= 15 is 0 Å². The first-order chi connectivity index (χ1) is 28.4. The highest BCUT2D eigenvalue weighted by Gasteiger charge is 2.49. The fourth-order valence-corrected chi connectivity index (χ4v) is 9.00. The predicted molar refractivity (Wildman–Crippen MR) is 217 cm³/mol. The molecule has 0 radical (unpaired) electrons. The SMILES string of the molecule is NC(=O)[C@@H](CC1CCCCC1)N(C(=O)CNC(=O)COc1ccc([C@@H]2[C@@H](SC[C@H](O)c3ccc(F)cc3)C(=O)N2c2ccc(F)cc2)cc1)[C@@H](C(=O)O)c1ccccc1. The molecule has 4 amide bonds. The number of carbonyl (C=O) groups excluding carboxylic acids is 4. The monoisotopic (exact) mass is 828 g/mol. The third kappa shape index (κ3) is 10.6. The topological polar surface area (TPSA) is 180 Å². The number of aliphatic hydroxyl groups excluding tert-OH is 1. The fraction of sp³-hybridized carbons (Fsp3) is 0.341. The number of carbonyl (C=O) groups is 5. The van der Waals surface area contributed by atoms with Crippen molar-refractivity contribution in [1.29, 1.82) is 0 Å². The summed E-state index contributed by atoms with van der Waals surface area (Å²) in [4.78, 5) is 68.4. The molecule has 15 heteroatoms. The van der Waals surface area contributed by atoms with Crippen LogP contribution in [0.1, 0.15) is 73.4 Å². The number of ether oxygens (including phenoxy) is 1. The van der Waals surface area contributed by atoms with Gasteiger partial charge in [0.25, 0.3) is 5.91 Å². The van der Waals surface area contributed by atoms with Crippen LogP contribution in [0.25, 0.3) is 0 Å². The molecule has 12 nitrogen and oxygen atoms in total. The molecular weight excluding hydrogens is 783 g/mol. The summed E-state index contributed by atoms with van der Waals surface area (Å²) < 4.78 is 32.9. The van der Waals surface area contributed by atoms with Gasteiger partial charge in [0.1, 0.15) is 28.7 Å². The molecule has 1 heterocycles. The highest BCUT2D eigenvalue weighted by molar-refractivity contribution is 8.00. The van der Waals surface area contributed by atoms with Gasteiger partial charge in [-0.2, -0.15) is 0 Å². The number of aliphatic hydroxyl groups is 1. The van der Waals surface area contributed by atoms with Crippen LogP contribution in [0, 0.1) is 17.6 Å². The largest absolute Gasteiger partial charge is 0.484 e. The van der Waals surface area contributed by atoms with Crippen LogP contribution in [0.5, 0.6) is 5.75 Å². The van der Waals surface area contributed by atoms with Crippen LogP contribution in [0.15, 0.2) is 103 Å². The van der Waals surface area contributed by atoms with Gasteiger partial charge in [-0.25, -0.2) is 13.6 Å². The van der Waals surface area contributed by atoms with E-state index in [9.17, 15) is 43.0 Å². The third-order valence-electron chi connectivity index (χ3n) is 10.7. The lowest BCUT2D eigenvalue weighted by molar-refractivity contribution is -0.155. The van der Waals surface area contributed by atoms with Gasteiger partial charge in [-0.05, 0) is 77.6 Å². The van der Waals surface area contributed by atoms with Gasteiger partial charge in [0.05, 0.1) is 18.7 Å². The van der Waals surface area contributed by atoms with Crippen molar-refractivity contribution in [3.05, 3.63) is 131 Å². The van der Waals surface area contributed by atoms with E-state index in [1.54, 1.807) is 54.6 Å². The van der Waals surface area contributed by atoms with E-state index < -0.39 is 78.0 Å². The van der Waals surface area contributed by atoms with Crippen LogP contribution in [-0.2, 0) is 24.0 Å². The molecule has 5 atom stereocenters. The van der Waals surface area contributed by atoms with Gasteiger partial charge in [0.15, 0.2) is 12.6 Å². The number of anilines is 1. The minimum Gasteiger partial charge on any atom is -0.484 e. The third-order valence-corrected chi connectivity index (χ3v) is 12.1. The number of carboxylic acid groups (broad SMARTS) is 1. The van der Waals surface area contributed by atoms with Gasteiger partial charge in [-0.15, -0.1) is 11.8 Å². The number of halogens is 2. The molecule has 6 rings (SSSR count). The Kier molecular flexibility index (Phi) is 14.3. The van der Waals surface area contributed by atoms with Crippen molar-refractivity contribution in [1.82, 2.24) is 10.2 Å². The summed E-state index contributed by atoms with van der Waals surface area (Å²) in [5, 5.41) is 23.0. The van der Waals surface area contributed by atoms with E-state index in [1.165, 1.54) is 65.2 Å². The first-order valence-corrected chi connectivity index (χ1v) is 20.5. The molecule has 2 fully saturated rings. The minimum absolute atomic E-state index is 0.0808. The second-order valence-electron chi connectivity index (χ2n) is 14.7. The zero-order valence-corrected chi connectivity index (χ0v) is 32.9. The number of aliphatic carboxylic acids is 1. The van der Waals surface area contributed by atoms with Gasteiger partial charge in [-0.3, -0.25) is 19.2 Å². The zero-order chi connectivity index (χ0) is 42.1. The molecule has 59 heavy (non-hydrogen) atoms. The number of rotatable bonds is 18. The Balaban J connectivity index is 1.11. The molecular formula is C44H46F2N4O8S. The lowest BCUT2D eigenvalue weighted by atomic mass is 9.84. The van der Waals surface area contributed by atoms with E-state index in [1.807, 2.05) is 0 Å². The van der Waals surface area contributed by atoms with Gasteiger partial charge in [-0.1, -0.05) is 86.7 Å². The van der Waals surface area contributed by atoms with Gasteiger partial charge in [0.2, 0.25) is 17.7 Å². The van der Waals surface area contributed by atoms with E-state index in [4.69, 9.17) is 10.5 Å². The van der Waals surface area contributed by atoms with Crippen LogP contribution in [0.3, 0.4) is 0 Å². The number of carboxylic acids is 1. The maximum atomic E-state index is 13.9. The highest BCUT2D eigenvalue weighted by Crippen LogP contribution is 2.46. The number of primary amides is 1. The summed E-state index contributed by atoms with van der Waals surface area (Å²) in [6, 6.07) is 22.5. The molecule has 1 saturated carbocycles. The van der Waals surface area contributed by atoms with E-state index in [2.05, 4.69) is 5.32 Å². The average Bonchev–Trinajstić information content (AvgIpc) is 3.24. The van der Waals surface area contributed by atoms with E-state index in [0.29, 0.717) is 22.6 Å². The van der Waals surface area contributed by atoms with Crippen molar-refractivity contribution in [2.45, 2.75) is 68.0 Å². The zero-order valence-electron chi connectivity index (χ0n) is 32.1. The van der Waals surface area contributed by atoms with Crippen molar-refractivity contribution < 1.29 is 47.7 Å². The van der Waals surface area contributed by atoms with E-state index in [-0.39, 0.29) is 29.6 Å².